The molecule has 1 aromatic carbocycles. The van der Waals surface area contributed by atoms with Crippen LogP contribution in [0.25, 0.3) is 0 Å². The van der Waals surface area contributed by atoms with Gasteiger partial charge in [0, 0.05) is 0 Å². The monoisotopic (exact) mass is 352 g/mol. The van der Waals surface area contributed by atoms with Crippen molar-refractivity contribution in [2.75, 3.05) is 0 Å². The lowest BCUT2D eigenvalue weighted by Gasteiger charge is -2.28. The largest absolute Gasteiger partial charge is 0.204 e. The van der Waals surface area contributed by atoms with E-state index in [4.69, 9.17) is 0 Å². The molecule has 1 fully saturated rings. The second-order valence-electron chi connectivity index (χ2n) is 7.49. The summed E-state index contributed by atoms with van der Waals surface area (Å²) in [6, 6.07) is 2.27. The molecule has 0 aromatic heterocycles. The second kappa shape index (κ2) is 10.7. The van der Waals surface area contributed by atoms with Gasteiger partial charge in [-0.2, -0.15) is 0 Å². The van der Waals surface area contributed by atoms with E-state index in [0.29, 0.717) is 17.9 Å². The maximum absolute atomic E-state index is 13.3. The number of hydrogen-bond acceptors (Lipinski definition) is 0. The molecule has 0 amide bonds. The molecule has 0 aliphatic heterocycles. The number of hydrogen-bond donors (Lipinski definition) is 0. The van der Waals surface area contributed by atoms with Gasteiger partial charge in [0.15, 0.2) is 17.5 Å². The van der Waals surface area contributed by atoms with Crippen LogP contribution < -0.4 is 0 Å². The Hall–Kier alpha value is -1.25. The fourth-order valence-corrected chi connectivity index (χ4v) is 3.86. The predicted octanol–water partition coefficient (Wildman–Crippen LogP) is 7.37. The first kappa shape index (κ1) is 20.1. The zero-order valence-corrected chi connectivity index (χ0v) is 15.4. The smallest absolute Gasteiger partial charge is 0.194 e. The van der Waals surface area contributed by atoms with E-state index in [1.807, 2.05) is 0 Å². The van der Waals surface area contributed by atoms with Crippen LogP contribution in [0, 0.1) is 29.3 Å². The predicted molar refractivity (Wildman–Crippen MR) is 98.0 cm³/mol. The van der Waals surface area contributed by atoms with Crippen molar-refractivity contribution in [2.45, 2.75) is 77.6 Å². The van der Waals surface area contributed by atoms with E-state index in [1.165, 1.54) is 57.8 Å². The highest BCUT2D eigenvalue weighted by molar-refractivity contribution is 5.19. The zero-order chi connectivity index (χ0) is 18.1. The topological polar surface area (TPSA) is 0 Å². The Kier molecular flexibility index (Phi) is 8.57. The van der Waals surface area contributed by atoms with Gasteiger partial charge in [0.05, 0.1) is 0 Å². The van der Waals surface area contributed by atoms with Crippen molar-refractivity contribution in [1.29, 1.82) is 0 Å². The Morgan fingerprint density at radius 2 is 1.44 bits per heavy atom. The number of aryl methyl sites for hydroxylation is 1. The number of halogens is 3. The molecule has 2 rings (SSSR count). The Balaban J connectivity index is 1.64. The van der Waals surface area contributed by atoms with E-state index in [-0.39, 0.29) is 0 Å². The van der Waals surface area contributed by atoms with E-state index in [2.05, 4.69) is 19.1 Å². The molecule has 0 nitrogen and oxygen atoms in total. The molecule has 0 unspecified atom stereocenters. The lowest BCUT2D eigenvalue weighted by Crippen LogP contribution is -2.15. The van der Waals surface area contributed by atoms with E-state index in [9.17, 15) is 13.2 Å². The first-order valence-corrected chi connectivity index (χ1v) is 9.88. The van der Waals surface area contributed by atoms with Gasteiger partial charge in [0.1, 0.15) is 0 Å². The molecule has 0 saturated heterocycles. The summed E-state index contributed by atoms with van der Waals surface area (Å²) >= 11 is 0. The Morgan fingerprint density at radius 1 is 0.880 bits per heavy atom. The van der Waals surface area contributed by atoms with Crippen LogP contribution in [-0.4, -0.2) is 0 Å². The molecule has 0 N–H and O–H groups in total. The maximum atomic E-state index is 13.3. The molecular formula is C22H31F3. The van der Waals surface area contributed by atoms with Gasteiger partial charge in [-0.3, -0.25) is 0 Å². The van der Waals surface area contributed by atoms with Gasteiger partial charge >= 0.3 is 0 Å². The summed E-state index contributed by atoms with van der Waals surface area (Å²) in [5.41, 5.74) is 0.567. The van der Waals surface area contributed by atoms with E-state index < -0.39 is 17.5 Å². The Morgan fingerprint density at radius 3 is 2.04 bits per heavy atom. The maximum Gasteiger partial charge on any atom is 0.194 e. The number of allylic oxidation sites excluding steroid dienone is 2. The molecule has 1 aromatic rings. The van der Waals surface area contributed by atoms with Crippen molar-refractivity contribution in [1.82, 2.24) is 0 Å². The molecular weight excluding hydrogens is 321 g/mol. The standard InChI is InChI=1S/C22H31F3/c1-2-3-4-5-6-7-8-17-9-11-18(12-10-17)13-14-19-15-20(23)22(25)21(24)16-19/h4-5,15-18H,2-3,6-14H2,1H3/b5-4+/t17-,18-. The van der Waals surface area contributed by atoms with Crippen molar-refractivity contribution in [3.05, 3.63) is 47.3 Å². The second-order valence-corrected chi connectivity index (χ2v) is 7.49. The van der Waals surface area contributed by atoms with Crippen LogP contribution in [0.5, 0.6) is 0 Å². The zero-order valence-electron chi connectivity index (χ0n) is 15.4. The van der Waals surface area contributed by atoms with E-state index >= 15 is 0 Å². The molecule has 0 bridgehead atoms. The van der Waals surface area contributed by atoms with Crippen molar-refractivity contribution in [2.24, 2.45) is 11.8 Å². The average Bonchev–Trinajstić information content (AvgIpc) is 2.61. The molecule has 0 spiro atoms. The summed E-state index contributed by atoms with van der Waals surface area (Å²) in [7, 11) is 0. The van der Waals surface area contributed by atoms with Crippen LogP contribution in [0.15, 0.2) is 24.3 Å². The summed E-state index contributed by atoms with van der Waals surface area (Å²) in [5.74, 6) is -2.04. The normalized spacial score (nSPS) is 21.1. The molecule has 1 aliphatic carbocycles. The van der Waals surface area contributed by atoms with Gasteiger partial charge in [-0.05, 0) is 61.6 Å². The fourth-order valence-electron chi connectivity index (χ4n) is 3.86. The molecule has 140 valence electrons. The quantitative estimate of drug-likeness (QED) is 0.247. The van der Waals surface area contributed by atoms with Crippen molar-refractivity contribution < 1.29 is 13.2 Å². The van der Waals surface area contributed by atoms with E-state index in [0.717, 1.165) is 24.5 Å². The van der Waals surface area contributed by atoms with Crippen LogP contribution in [0.2, 0.25) is 0 Å². The molecule has 25 heavy (non-hydrogen) atoms. The minimum Gasteiger partial charge on any atom is -0.204 e. The van der Waals surface area contributed by atoms with Crippen LogP contribution in [0.4, 0.5) is 13.2 Å². The first-order valence-electron chi connectivity index (χ1n) is 9.88. The summed E-state index contributed by atoms with van der Waals surface area (Å²) in [4.78, 5) is 0. The third kappa shape index (κ3) is 6.87. The summed E-state index contributed by atoms with van der Waals surface area (Å²) < 4.78 is 39.5. The van der Waals surface area contributed by atoms with Crippen molar-refractivity contribution in [3.63, 3.8) is 0 Å². The molecule has 0 heterocycles. The Labute approximate surface area is 150 Å². The highest BCUT2D eigenvalue weighted by Crippen LogP contribution is 2.34. The molecule has 3 heteroatoms. The van der Waals surface area contributed by atoms with Gasteiger partial charge in [-0.15, -0.1) is 0 Å². The van der Waals surface area contributed by atoms with Crippen LogP contribution in [0.3, 0.4) is 0 Å². The highest BCUT2D eigenvalue weighted by Gasteiger charge is 2.21. The first-order chi connectivity index (χ1) is 12.1. The Bertz CT molecular complexity index is 519. The van der Waals surface area contributed by atoms with Crippen LogP contribution in [0.1, 0.15) is 76.7 Å². The minimum absolute atomic E-state index is 0.567. The fraction of sp³-hybridized carbons (Fsp3) is 0.636. The molecule has 1 aliphatic rings. The molecule has 0 radical (unpaired) electrons. The van der Waals surface area contributed by atoms with Gasteiger partial charge in [-0.25, -0.2) is 13.2 Å². The van der Waals surface area contributed by atoms with Crippen molar-refractivity contribution in [3.8, 4) is 0 Å². The van der Waals surface area contributed by atoms with Crippen LogP contribution >= 0.6 is 0 Å². The third-order valence-electron chi connectivity index (χ3n) is 5.46. The highest BCUT2D eigenvalue weighted by atomic mass is 19.2. The number of rotatable bonds is 9. The van der Waals surface area contributed by atoms with Crippen molar-refractivity contribution >= 4 is 0 Å². The average molecular weight is 352 g/mol. The summed E-state index contributed by atoms with van der Waals surface area (Å²) in [5, 5.41) is 0. The number of benzene rings is 1. The van der Waals surface area contributed by atoms with Gasteiger partial charge in [0.25, 0.3) is 0 Å². The molecule has 1 saturated carbocycles. The van der Waals surface area contributed by atoms with Crippen LogP contribution in [-0.2, 0) is 6.42 Å². The lowest BCUT2D eigenvalue weighted by molar-refractivity contribution is 0.250. The number of unbranched alkanes of at least 4 members (excludes halogenated alkanes) is 2. The van der Waals surface area contributed by atoms with Gasteiger partial charge in [-0.1, -0.05) is 57.6 Å². The third-order valence-corrected chi connectivity index (χ3v) is 5.46. The lowest BCUT2D eigenvalue weighted by atomic mass is 9.78. The summed E-state index contributed by atoms with van der Waals surface area (Å²) in [6.07, 6.45) is 17.3. The molecule has 0 atom stereocenters. The summed E-state index contributed by atoms with van der Waals surface area (Å²) in [6.45, 7) is 2.20. The van der Waals surface area contributed by atoms with E-state index in [1.54, 1.807) is 0 Å². The SMILES string of the molecule is CCC/C=C/CCC[C@H]1CC[C@H](CCc2cc(F)c(F)c(F)c2)CC1. The minimum atomic E-state index is -1.37. The van der Waals surface area contributed by atoms with Gasteiger partial charge < -0.3 is 0 Å². The van der Waals surface area contributed by atoms with Gasteiger partial charge in [0.2, 0.25) is 0 Å².